The van der Waals surface area contributed by atoms with E-state index < -0.39 is 18.9 Å². The number of nitrogens with one attached hydrogen (secondary N) is 1. The van der Waals surface area contributed by atoms with Crippen molar-refractivity contribution in [3.05, 3.63) is 84.3 Å². The van der Waals surface area contributed by atoms with Crippen molar-refractivity contribution in [3.8, 4) is 34.2 Å². The van der Waals surface area contributed by atoms with Gasteiger partial charge in [0, 0.05) is 23.5 Å². The first-order valence-corrected chi connectivity index (χ1v) is 10.0. The number of aromatic amines is 1. The van der Waals surface area contributed by atoms with Crippen molar-refractivity contribution in [2.24, 2.45) is 0 Å². The second kappa shape index (κ2) is 9.08. The van der Waals surface area contributed by atoms with Crippen molar-refractivity contribution in [3.63, 3.8) is 0 Å². The van der Waals surface area contributed by atoms with Crippen LogP contribution >= 0.6 is 12.4 Å². The average molecular weight is 484 g/mol. The number of nitriles is 1. The topological polar surface area (TPSA) is 77.8 Å². The first-order chi connectivity index (χ1) is 15.9. The molecule has 0 saturated heterocycles. The zero-order valence-electron chi connectivity index (χ0n) is 17.5. The van der Waals surface area contributed by atoms with E-state index in [2.05, 4.69) is 21.3 Å². The van der Waals surface area contributed by atoms with Gasteiger partial charge in [0.25, 0.3) is 0 Å². The maximum atomic E-state index is 13.7. The fourth-order valence-corrected chi connectivity index (χ4v) is 4.00. The number of H-pyrrole nitrogens is 1. The Balaban J connectivity index is 0.00000274. The third kappa shape index (κ3) is 4.28. The van der Waals surface area contributed by atoms with Crippen LogP contribution in [-0.4, -0.2) is 27.9 Å². The minimum atomic E-state index is -4.50. The Labute approximate surface area is 199 Å². The fourth-order valence-electron chi connectivity index (χ4n) is 4.00. The minimum absolute atomic E-state index is 0. The van der Waals surface area contributed by atoms with Gasteiger partial charge < -0.3 is 9.64 Å². The summed E-state index contributed by atoms with van der Waals surface area (Å²) in [7, 11) is 0. The summed E-state index contributed by atoms with van der Waals surface area (Å²) in [6.07, 6.45) is -0.983. The number of halogens is 4. The van der Waals surface area contributed by atoms with Crippen molar-refractivity contribution in [1.82, 2.24) is 15.2 Å². The third-order valence-electron chi connectivity index (χ3n) is 5.38. The van der Waals surface area contributed by atoms with Gasteiger partial charge in [0.1, 0.15) is 12.3 Å². The van der Waals surface area contributed by atoms with Crippen LogP contribution in [0.5, 0.6) is 5.75 Å². The number of nitrogens with zero attached hydrogens (tertiary/aromatic N) is 4. The summed E-state index contributed by atoms with van der Waals surface area (Å²) in [5, 5.41) is 16.7. The van der Waals surface area contributed by atoms with Gasteiger partial charge in [-0.15, -0.1) is 12.4 Å². The number of aromatic nitrogens is 3. The molecule has 2 aromatic carbocycles. The molecule has 172 valence electrons. The summed E-state index contributed by atoms with van der Waals surface area (Å²) in [5.41, 5.74) is 3.22. The van der Waals surface area contributed by atoms with E-state index in [0.717, 1.165) is 4.90 Å². The normalized spacial score (nSPS) is 14.4. The molecule has 0 fully saturated rings. The molecule has 0 aliphatic carbocycles. The van der Waals surface area contributed by atoms with E-state index in [1.807, 2.05) is 0 Å². The lowest BCUT2D eigenvalue weighted by Crippen LogP contribution is -2.41. The molecule has 0 bridgehead atoms. The van der Waals surface area contributed by atoms with Gasteiger partial charge in [-0.05, 0) is 42.0 Å². The predicted octanol–water partition coefficient (Wildman–Crippen LogP) is 5.89. The summed E-state index contributed by atoms with van der Waals surface area (Å²) in [5.74, 6) is 0.424. The standard InChI is InChI=1S/C24H16F3N5O.ClH/c25-24(26,27)14-32-21-11-18(15-6-8-29-9-7-15)16(12-28)10-19(21)22-20(13-30-31-22)23(32)33-17-4-2-1-3-5-17;/h1-11,13,23H,14H2,(H,30,31);1H. The van der Waals surface area contributed by atoms with E-state index in [1.165, 1.54) is 6.20 Å². The van der Waals surface area contributed by atoms with Crippen LogP contribution in [0, 0.1) is 11.3 Å². The molecule has 1 unspecified atom stereocenters. The van der Waals surface area contributed by atoms with Crippen LogP contribution in [-0.2, 0) is 0 Å². The molecule has 3 heterocycles. The molecule has 6 nitrogen and oxygen atoms in total. The highest BCUT2D eigenvalue weighted by Gasteiger charge is 2.41. The smallest absolute Gasteiger partial charge is 0.406 e. The Morgan fingerprint density at radius 2 is 1.79 bits per heavy atom. The van der Waals surface area contributed by atoms with Crippen LogP contribution in [0.15, 0.2) is 73.2 Å². The molecule has 1 N–H and O–H groups in total. The molecule has 0 amide bonds. The first-order valence-electron chi connectivity index (χ1n) is 10.0. The number of rotatable bonds is 4. The molecule has 1 aliphatic rings. The number of pyridine rings is 1. The van der Waals surface area contributed by atoms with E-state index in [4.69, 9.17) is 4.74 Å². The molecule has 2 aromatic heterocycles. The van der Waals surface area contributed by atoms with Gasteiger partial charge in [0.05, 0.1) is 34.8 Å². The molecule has 0 radical (unpaired) electrons. The van der Waals surface area contributed by atoms with Crippen LogP contribution < -0.4 is 9.64 Å². The van der Waals surface area contributed by atoms with E-state index in [1.54, 1.807) is 67.0 Å². The summed E-state index contributed by atoms with van der Waals surface area (Å²) in [6, 6.07) is 17.4. The molecule has 1 aliphatic heterocycles. The number of anilines is 1. The SMILES string of the molecule is Cl.N#Cc1cc2c(cc1-c1ccncc1)N(CC(F)(F)F)C(Oc1ccccc1)c1cn[nH]c1-2. The van der Waals surface area contributed by atoms with Gasteiger partial charge in [0.2, 0.25) is 6.23 Å². The monoisotopic (exact) mass is 483 g/mol. The molecule has 34 heavy (non-hydrogen) atoms. The third-order valence-corrected chi connectivity index (χ3v) is 5.38. The highest BCUT2D eigenvalue weighted by atomic mass is 35.5. The second-order valence-electron chi connectivity index (χ2n) is 7.49. The molecular weight excluding hydrogens is 467 g/mol. The van der Waals surface area contributed by atoms with Crippen molar-refractivity contribution < 1.29 is 17.9 Å². The van der Waals surface area contributed by atoms with Gasteiger partial charge in [-0.1, -0.05) is 18.2 Å². The zero-order valence-corrected chi connectivity index (χ0v) is 18.3. The highest BCUT2D eigenvalue weighted by molar-refractivity contribution is 5.88. The number of hydrogen-bond acceptors (Lipinski definition) is 5. The molecule has 4 aromatic rings. The van der Waals surface area contributed by atoms with Crippen LogP contribution in [0.3, 0.4) is 0 Å². The van der Waals surface area contributed by atoms with Crippen molar-refractivity contribution >= 4 is 18.1 Å². The van der Waals surface area contributed by atoms with Crippen LogP contribution in [0.25, 0.3) is 22.4 Å². The second-order valence-corrected chi connectivity index (χ2v) is 7.49. The van der Waals surface area contributed by atoms with Crippen molar-refractivity contribution in [2.45, 2.75) is 12.4 Å². The van der Waals surface area contributed by atoms with Crippen LogP contribution in [0.1, 0.15) is 17.4 Å². The van der Waals surface area contributed by atoms with Crippen LogP contribution in [0.2, 0.25) is 0 Å². The Kier molecular flexibility index (Phi) is 6.18. The maximum absolute atomic E-state index is 13.7. The van der Waals surface area contributed by atoms with Gasteiger partial charge in [-0.2, -0.15) is 23.5 Å². The van der Waals surface area contributed by atoms with E-state index in [0.29, 0.717) is 39.3 Å². The molecule has 0 spiro atoms. The Bertz CT molecular complexity index is 1340. The van der Waals surface area contributed by atoms with Gasteiger partial charge in [-0.3, -0.25) is 10.1 Å². The van der Waals surface area contributed by atoms with Crippen LogP contribution in [0.4, 0.5) is 18.9 Å². The number of ether oxygens (including phenoxy) is 1. The summed E-state index contributed by atoms with van der Waals surface area (Å²) >= 11 is 0. The number of hydrogen-bond donors (Lipinski definition) is 1. The Morgan fingerprint density at radius 1 is 1.06 bits per heavy atom. The lowest BCUT2D eigenvalue weighted by molar-refractivity contribution is -0.123. The molecular formula is C24H17ClF3N5O. The van der Waals surface area contributed by atoms with E-state index in [9.17, 15) is 18.4 Å². The van der Waals surface area contributed by atoms with E-state index in [-0.39, 0.29) is 18.1 Å². The number of alkyl halides is 3. The van der Waals surface area contributed by atoms with Crippen molar-refractivity contribution in [1.29, 1.82) is 5.26 Å². The Morgan fingerprint density at radius 3 is 2.47 bits per heavy atom. The number of para-hydroxylation sites is 1. The van der Waals surface area contributed by atoms with Crippen molar-refractivity contribution in [2.75, 3.05) is 11.4 Å². The lowest BCUT2D eigenvalue weighted by atomic mass is 9.91. The zero-order chi connectivity index (χ0) is 23.0. The summed E-state index contributed by atoms with van der Waals surface area (Å²) in [6.45, 7) is -1.25. The number of benzene rings is 2. The minimum Gasteiger partial charge on any atom is -0.466 e. The Hall–Kier alpha value is -4.03. The lowest BCUT2D eigenvalue weighted by Gasteiger charge is -2.38. The quantitative estimate of drug-likeness (QED) is 0.391. The maximum Gasteiger partial charge on any atom is 0.406 e. The van der Waals surface area contributed by atoms with E-state index >= 15 is 0 Å². The average Bonchev–Trinajstić information content (AvgIpc) is 3.31. The van der Waals surface area contributed by atoms with Gasteiger partial charge in [-0.25, -0.2) is 0 Å². The largest absolute Gasteiger partial charge is 0.466 e. The fraction of sp³-hybridized carbons (Fsp3) is 0.125. The summed E-state index contributed by atoms with van der Waals surface area (Å²) in [4.78, 5) is 5.14. The number of fused-ring (bicyclic) bond motifs is 3. The van der Waals surface area contributed by atoms with Gasteiger partial charge >= 0.3 is 6.18 Å². The first kappa shape index (κ1) is 23.1. The summed E-state index contributed by atoms with van der Waals surface area (Å²) < 4.78 is 47.3. The molecule has 10 heteroatoms. The van der Waals surface area contributed by atoms with Gasteiger partial charge in [0.15, 0.2) is 0 Å². The predicted molar refractivity (Wildman–Crippen MR) is 122 cm³/mol. The molecule has 5 rings (SSSR count). The molecule has 0 saturated carbocycles. The highest BCUT2D eigenvalue weighted by Crippen LogP contribution is 2.47. The molecule has 1 atom stereocenters.